The number of hydrogen-bond donors (Lipinski definition) is 0. The molecule has 1 aromatic heterocycles. The van der Waals surface area contributed by atoms with Crippen molar-refractivity contribution in [2.75, 3.05) is 49.3 Å². The first-order valence-electron chi connectivity index (χ1n) is 9.41. The average Bonchev–Trinajstić information content (AvgIpc) is 2.63. The van der Waals surface area contributed by atoms with Crippen LogP contribution in [0.15, 0.2) is 10.9 Å². The second kappa shape index (κ2) is 8.61. The predicted molar refractivity (Wildman–Crippen MR) is 94.8 cm³/mol. The predicted octanol–water partition coefficient (Wildman–Crippen LogP) is 2.19. The third-order valence-electron chi connectivity index (χ3n) is 5.02. The van der Waals surface area contributed by atoms with E-state index in [2.05, 4.69) is 9.72 Å². The van der Waals surface area contributed by atoms with Crippen LogP contribution in [-0.4, -0.2) is 73.5 Å². The van der Waals surface area contributed by atoms with E-state index in [0.717, 1.165) is 9.47 Å². The summed E-state index contributed by atoms with van der Waals surface area (Å²) < 4.78 is 88.6. The zero-order valence-corrected chi connectivity index (χ0v) is 16.2. The molecular weight excluding hydrogens is 422 g/mol. The van der Waals surface area contributed by atoms with Gasteiger partial charge in [0.25, 0.3) is 5.56 Å². The summed E-state index contributed by atoms with van der Waals surface area (Å²) in [6.45, 7) is 0.154. The van der Waals surface area contributed by atoms with Crippen LogP contribution in [0.2, 0.25) is 0 Å². The second-order valence-corrected chi connectivity index (χ2v) is 7.23. The largest absolute Gasteiger partial charge is 0.411 e. The number of halogens is 6. The van der Waals surface area contributed by atoms with Crippen molar-refractivity contribution in [3.63, 3.8) is 0 Å². The van der Waals surface area contributed by atoms with E-state index in [1.807, 2.05) is 6.92 Å². The van der Waals surface area contributed by atoms with Crippen molar-refractivity contribution >= 4 is 11.8 Å². The lowest BCUT2D eigenvalue weighted by atomic mass is 10.1. The molecule has 0 aromatic carbocycles. The SMILES string of the molecule is CC1COCCN1c1cc(=O)n2c(n1)N(CCOCC(F)(F)F)C(C(F)(F)F)CC2. The van der Waals surface area contributed by atoms with Crippen molar-refractivity contribution in [1.29, 1.82) is 0 Å². The fraction of sp³-hybridized carbons (Fsp3) is 0.765. The van der Waals surface area contributed by atoms with E-state index in [-0.39, 0.29) is 24.4 Å². The monoisotopic (exact) mass is 444 g/mol. The zero-order valence-electron chi connectivity index (χ0n) is 16.2. The first kappa shape index (κ1) is 22.7. The summed E-state index contributed by atoms with van der Waals surface area (Å²) in [6, 6.07) is -0.854. The highest BCUT2D eigenvalue weighted by Crippen LogP contribution is 2.34. The van der Waals surface area contributed by atoms with Crippen LogP contribution >= 0.6 is 0 Å². The van der Waals surface area contributed by atoms with Crippen molar-refractivity contribution in [3.8, 4) is 0 Å². The molecule has 3 rings (SSSR count). The number of morpholine rings is 1. The highest BCUT2D eigenvalue weighted by Gasteiger charge is 2.47. The number of fused-ring (bicyclic) bond motifs is 1. The van der Waals surface area contributed by atoms with Gasteiger partial charge in [0.2, 0.25) is 5.95 Å². The van der Waals surface area contributed by atoms with E-state index >= 15 is 0 Å². The molecular formula is C17H22F6N4O3. The molecule has 2 unspecified atom stereocenters. The molecule has 2 atom stereocenters. The molecule has 0 spiro atoms. The summed E-state index contributed by atoms with van der Waals surface area (Å²) >= 11 is 0. The number of nitrogens with zero attached hydrogens (tertiary/aromatic N) is 4. The number of aromatic nitrogens is 2. The van der Waals surface area contributed by atoms with Gasteiger partial charge in [0, 0.05) is 25.7 Å². The maximum absolute atomic E-state index is 13.6. The first-order chi connectivity index (χ1) is 14.0. The van der Waals surface area contributed by atoms with Crippen LogP contribution in [0.1, 0.15) is 13.3 Å². The Balaban J connectivity index is 1.91. The van der Waals surface area contributed by atoms with Gasteiger partial charge in [-0.25, -0.2) is 0 Å². The minimum Gasteiger partial charge on any atom is -0.377 e. The summed E-state index contributed by atoms with van der Waals surface area (Å²) in [7, 11) is 0. The molecule has 0 radical (unpaired) electrons. The van der Waals surface area contributed by atoms with Crippen LogP contribution in [0.3, 0.4) is 0 Å². The van der Waals surface area contributed by atoms with Crippen molar-refractivity contribution in [2.24, 2.45) is 0 Å². The van der Waals surface area contributed by atoms with Gasteiger partial charge in [-0.15, -0.1) is 0 Å². The fourth-order valence-electron chi connectivity index (χ4n) is 3.62. The summed E-state index contributed by atoms with van der Waals surface area (Å²) in [6.07, 6.45) is -9.64. The fourth-order valence-corrected chi connectivity index (χ4v) is 3.62. The van der Waals surface area contributed by atoms with Gasteiger partial charge in [-0.3, -0.25) is 9.36 Å². The minimum absolute atomic E-state index is 0.140. The Kier molecular flexibility index (Phi) is 6.51. The Morgan fingerprint density at radius 3 is 2.60 bits per heavy atom. The average molecular weight is 444 g/mol. The van der Waals surface area contributed by atoms with E-state index < -0.39 is 50.1 Å². The minimum atomic E-state index is -4.64. The van der Waals surface area contributed by atoms with Crippen molar-refractivity contribution < 1.29 is 35.8 Å². The summed E-state index contributed by atoms with van der Waals surface area (Å²) in [5.74, 6) is -0.00791. The molecule has 1 saturated heterocycles. The Hall–Kier alpha value is -2.02. The second-order valence-electron chi connectivity index (χ2n) is 7.23. The molecule has 3 heterocycles. The third-order valence-corrected chi connectivity index (χ3v) is 5.02. The van der Waals surface area contributed by atoms with Crippen LogP contribution in [0.25, 0.3) is 0 Å². The van der Waals surface area contributed by atoms with Gasteiger partial charge in [-0.2, -0.15) is 31.3 Å². The Morgan fingerprint density at radius 1 is 1.23 bits per heavy atom. The van der Waals surface area contributed by atoms with Crippen LogP contribution in [0.5, 0.6) is 0 Å². The molecule has 0 saturated carbocycles. The third kappa shape index (κ3) is 5.17. The van der Waals surface area contributed by atoms with Gasteiger partial charge in [0.1, 0.15) is 18.5 Å². The van der Waals surface area contributed by atoms with E-state index in [4.69, 9.17) is 4.74 Å². The molecule has 2 aliphatic rings. The highest BCUT2D eigenvalue weighted by atomic mass is 19.4. The van der Waals surface area contributed by atoms with Crippen molar-refractivity contribution in [3.05, 3.63) is 16.4 Å². The number of ether oxygens (including phenoxy) is 2. The van der Waals surface area contributed by atoms with E-state index in [1.54, 1.807) is 4.90 Å². The Bertz CT molecular complexity index is 797. The van der Waals surface area contributed by atoms with E-state index in [9.17, 15) is 31.1 Å². The summed E-state index contributed by atoms with van der Waals surface area (Å²) in [5, 5.41) is 0. The molecule has 2 aliphatic heterocycles. The van der Waals surface area contributed by atoms with Crippen molar-refractivity contribution in [1.82, 2.24) is 9.55 Å². The number of anilines is 2. The molecule has 0 bridgehead atoms. The molecule has 13 heteroatoms. The number of rotatable bonds is 5. The quantitative estimate of drug-likeness (QED) is 0.513. The van der Waals surface area contributed by atoms with Crippen LogP contribution < -0.4 is 15.4 Å². The van der Waals surface area contributed by atoms with Gasteiger partial charge >= 0.3 is 12.4 Å². The lowest BCUT2D eigenvalue weighted by Crippen LogP contribution is -2.54. The topological polar surface area (TPSA) is 59.8 Å². The lowest BCUT2D eigenvalue weighted by molar-refractivity contribution is -0.174. The van der Waals surface area contributed by atoms with Crippen LogP contribution in [-0.2, 0) is 16.0 Å². The first-order valence-corrected chi connectivity index (χ1v) is 9.41. The Labute approximate surface area is 168 Å². The summed E-state index contributed by atoms with van der Waals surface area (Å²) in [4.78, 5) is 19.5. The number of hydrogen-bond acceptors (Lipinski definition) is 6. The van der Waals surface area contributed by atoms with Gasteiger partial charge in [0.15, 0.2) is 0 Å². The van der Waals surface area contributed by atoms with Gasteiger partial charge in [-0.05, 0) is 13.3 Å². The van der Waals surface area contributed by atoms with Crippen LogP contribution in [0.4, 0.5) is 38.1 Å². The molecule has 0 amide bonds. The molecule has 30 heavy (non-hydrogen) atoms. The maximum Gasteiger partial charge on any atom is 0.411 e. The molecule has 170 valence electrons. The summed E-state index contributed by atoms with van der Waals surface area (Å²) in [5.41, 5.74) is -0.518. The van der Waals surface area contributed by atoms with Crippen molar-refractivity contribution in [2.45, 2.75) is 44.3 Å². The maximum atomic E-state index is 13.6. The zero-order chi connectivity index (χ0) is 22.1. The molecule has 0 N–H and O–H groups in total. The van der Waals surface area contributed by atoms with Gasteiger partial charge in [0.05, 0.1) is 25.9 Å². The molecule has 1 aromatic rings. The molecule has 1 fully saturated rings. The number of alkyl halides is 6. The highest BCUT2D eigenvalue weighted by molar-refractivity contribution is 5.47. The smallest absolute Gasteiger partial charge is 0.377 e. The van der Waals surface area contributed by atoms with Gasteiger partial charge in [-0.1, -0.05) is 0 Å². The Morgan fingerprint density at radius 2 is 1.97 bits per heavy atom. The van der Waals surface area contributed by atoms with Gasteiger partial charge < -0.3 is 19.3 Å². The van der Waals surface area contributed by atoms with E-state index in [0.29, 0.717) is 19.8 Å². The standard InChI is InChI=1S/C17H22F6N4O3/c1-11-9-29-6-4-25(11)13-8-14(28)27-3-2-12(17(21,22)23)26(15(27)24-13)5-7-30-10-16(18,19)20/h8,11-12H,2-7,9-10H2,1H3. The lowest BCUT2D eigenvalue weighted by Gasteiger charge is -2.40. The molecule has 0 aliphatic carbocycles. The van der Waals surface area contributed by atoms with Crippen LogP contribution in [0, 0.1) is 0 Å². The molecule has 7 nitrogen and oxygen atoms in total. The normalized spacial score (nSPS) is 22.9. The van der Waals surface area contributed by atoms with E-state index in [1.165, 1.54) is 6.07 Å².